The molecule has 1 heterocycles. The highest BCUT2D eigenvalue weighted by molar-refractivity contribution is 6.33. The summed E-state index contributed by atoms with van der Waals surface area (Å²) in [5.74, 6) is 0.616. The molecule has 0 spiro atoms. The number of piperazine rings is 1. The van der Waals surface area contributed by atoms with Crippen molar-refractivity contribution < 1.29 is 14.6 Å². The van der Waals surface area contributed by atoms with Crippen LogP contribution in [0.1, 0.15) is 15.9 Å². The number of carbonyl (C=O) groups excluding carboxylic acids is 1. The van der Waals surface area contributed by atoms with Crippen molar-refractivity contribution in [3.05, 3.63) is 95.0 Å². The molecule has 5 nitrogen and oxygen atoms in total. The molecule has 0 unspecified atom stereocenters. The van der Waals surface area contributed by atoms with Crippen LogP contribution >= 0.6 is 11.6 Å². The van der Waals surface area contributed by atoms with E-state index in [0.717, 1.165) is 36.9 Å². The third-order valence-corrected chi connectivity index (χ3v) is 5.95. The van der Waals surface area contributed by atoms with Gasteiger partial charge in [-0.3, -0.25) is 9.69 Å². The Kier molecular flexibility index (Phi) is 7.43. The second-order valence-electron chi connectivity index (χ2n) is 7.92. The summed E-state index contributed by atoms with van der Waals surface area (Å²) in [4.78, 5) is 17.0. The second kappa shape index (κ2) is 10.6. The number of rotatable bonds is 8. The Bertz CT molecular complexity index is 1020. The largest absolute Gasteiger partial charge is 0.491 e. The summed E-state index contributed by atoms with van der Waals surface area (Å²) in [6, 6.07) is 24.1. The van der Waals surface area contributed by atoms with E-state index in [1.165, 1.54) is 0 Å². The number of nitrogens with zero attached hydrogens (tertiary/aromatic N) is 2. The van der Waals surface area contributed by atoms with Crippen LogP contribution in [0.3, 0.4) is 0 Å². The van der Waals surface area contributed by atoms with Crippen molar-refractivity contribution in [3.8, 4) is 5.75 Å². The van der Waals surface area contributed by atoms with Gasteiger partial charge in [0.15, 0.2) is 5.78 Å². The lowest BCUT2D eigenvalue weighted by atomic mass is 10.0. The Morgan fingerprint density at radius 2 is 1.50 bits per heavy atom. The van der Waals surface area contributed by atoms with Gasteiger partial charge < -0.3 is 14.7 Å². The van der Waals surface area contributed by atoms with Crippen molar-refractivity contribution >= 4 is 23.1 Å². The number of para-hydroxylation sites is 1. The van der Waals surface area contributed by atoms with Crippen molar-refractivity contribution in [2.24, 2.45) is 0 Å². The molecule has 0 bridgehead atoms. The number of anilines is 1. The smallest absolute Gasteiger partial charge is 0.193 e. The van der Waals surface area contributed by atoms with Gasteiger partial charge in [0.2, 0.25) is 0 Å². The van der Waals surface area contributed by atoms with Gasteiger partial charge >= 0.3 is 0 Å². The summed E-state index contributed by atoms with van der Waals surface area (Å²) in [5, 5.41) is 11.2. The zero-order valence-electron chi connectivity index (χ0n) is 17.9. The molecule has 32 heavy (non-hydrogen) atoms. The molecule has 0 saturated carbocycles. The SMILES string of the molecule is O=C(c1ccccc1)c1ccc(OC[C@@H](O)CN2CCN(c3ccccc3Cl)CC2)cc1. The third kappa shape index (κ3) is 5.68. The Morgan fingerprint density at radius 3 is 2.19 bits per heavy atom. The van der Waals surface area contributed by atoms with E-state index in [-0.39, 0.29) is 12.4 Å². The van der Waals surface area contributed by atoms with Gasteiger partial charge in [-0.25, -0.2) is 0 Å². The van der Waals surface area contributed by atoms with E-state index in [2.05, 4.69) is 9.80 Å². The molecule has 0 amide bonds. The molecular formula is C26H27ClN2O3. The fraction of sp³-hybridized carbons (Fsp3) is 0.269. The van der Waals surface area contributed by atoms with Crippen molar-refractivity contribution in [2.45, 2.75) is 6.10 Å². The van der Waals surface area contributed by atoms with Gasteiger partial charge in [0.1, 0.15) is 18.5 Å². The zero-order chi connectivity index (χ0) is 22.3. The first-order valence-corrected chi connectivity index (χ1v) is 11.2. The molecule has 3 aromatic rings. The lowest BCUT2D eigenvalue weighted by Crippen LogP contribution is -2.49. The predicted molar refractivity (Wildman–Crippen MR) is 128 cm³/mol. The van der Waals surface area contributed by atoms with Crippen LogP contribution in [-0.4, -0.2) is 61.2 Å². The molecule has 4 rings (SSSR count). The van der Waals surface area contributed by atoms with Crippen molar-refractivity contribution in [1.82, 2.24) is 4.90 Å². The normalized spacial score (nSPS) is 15.4. The summed E-state index contributed by atoms with van der Waals surface area (Å²) in [6.45, 7) is 4.22. The predicted octanol–water partition coefficient (Wildman–Crippen LogP) is 4.13. The zero-order valence-corrected chi connectivity index (χ0v) is 18.6. The van der Waals surface area contributed by atoms with Gasteiger partial charge in [0.05, 0.1) is 10.7 Å². The maximum Gasteiger partial charge on any atom is 0.193 e. The van der Waals surface area contributed by atoms with E-state index in [1.54, 1.807) is 36.4 Å². The minimum atomic E-state index is -0.590. The van der Waals surface area contributed by atoms with Gasteiger partial charge in [0, 0.05) is 43.9 Å². The molecule has 6 heteroatoms. The average molecular weight is 451 g/mol. The van der Waals surface area contributed by atoms with Gasteiger partial charge in [-0.1, -0.05) is 54.1 Å². The molecule has 1 aliphatic heterocycles. The summed E-state index contributed by atoms with van der Waals surface area (Å²) >= 11 is 6.31. The number of halogens is 1. The molecule has 0 aliphatic carbocycles. The number of ether oxygens (including phenoxy) is 1. The monoisotopic (exact) mass is 450 g/mol. The van der Waals surface area contributed by atoms with Crippen LogP contribution in [0, 0.1) is 0 Å². The summed E-state index contributed by atoms with van der Waals surface area (Å²) in [7, 11) is 0. The molecule has 0 aromatic heterocycles. The van der Waals surface area contributed by atoms with Crippen LogP contribution in [0.25, 0.3) is 0 Å². The summed E-state index contributed by atoms with van der Waals surface area (Å²) in [5.41, 5.74) is 2.33. The van der Waals surface area contributed by atoms with Gasteiger partial charge in [-0.2, -0.15) is 0 Å². The maximum atomic E-state index is 12.5. The highest BCUT2D eigenvalue weighted by Gasteiger charge is 2.21. The summed E-state index contributed by atoms with van der Waals surface area (Å²) in [6.07, 6.45) is -0.590. The molecule has 1 saturated heterocycles. The molecule has 0 radical (unpaired) electrons. The number of ketones is 1. The van der Waals surface area contributed by atoms with Crippen LogP contribution in [-0.2, 0) is 0 Å². The average Bonchev–Trinajstić information content (AvgIpc) is 2.84. The molecule has 1 N–H and O–H groups in total. The van der Waals surface area contributed by atoms with E-state index in [9.17, 15) is 9.90 Å². The molecule has 3 aromatic carbocycles. The van der Waals surface area contributed by atoms with E-state index < -0.39 is 6.10 Å². The van der Waals surface area contributed by atoms with Crippen LogP contribution in [0.2, 0.25) is 5.02 Å². The molecule has 1 fully saturated rings. The lowest BCUT2D eigenvalue weighted by Gasteiger charge is -2.37. The topological polar surface area (TPSA) is 53.0 Å². The minimum Gasteiger partial charge on any atom is -0.491 e. The first-order valence-electron chi connectivity index (χ1n) is 10.8. The standard InChI is InChI=1S/C26H27ClN2O3/c27-24-8-4-5-9-25(24)29-16-14-28(15-17-29)18-22(30)19-32-23-12-10-21(11-13-23)26(31)20-6-2-1-3-7-20/h1-13,22,30H,14-19H2/t22-/m0/s1. The van der Waals surface area contributed by atoms with Gasteiger partial charge in [0.25, 0.3) is 0 Å². The highest BCUT2D eigenvalue weighted by Crippen LogP contribution is 2.26. The van der Waals surface area contributed by atoms with Gasteiger partial charge in [-0.05, 0) is 36.4 Å². The van der Waals surface area contributed by atoms with Crippen LogP contribution in [0.5, 0.6) is 5.75 Å². The van der Waals surface area contributed by atoms with Crippen molar-refractivity contribution in [1.29, 1.82) is 0 Å². The Labute approximate surface area is 193 Å². The van der Waals surface area contributed by atoms with Gasteiger partial charge in [-0.15, -0.1) is 0 Å². The number of hydrogen-bond donors (Lipinski definition) is 1. The molecule has 1 aliphatic rings. The fourth-order valence-electron chi connectivity index (χ4n) is 3.88. The number of hydrogen-bond acceptors (Lipinski definition) is 5. The number of carbonyl (C=O) groups is 1. The Morgan fingerprint density at radius 1 is 0.875 bits per heavy atom. The molecule has 166 valence electrons. The highest BCUT2D eigenvalue weighted by atomic mass is 35.5. The number of aliphatic hydroxyl groups is 1. The first-order chi connectivity index (χ1) is 15.6. The van der Waals surface area contributed by atoms with Crippen LogP contribution < -0.4 is 9.64 Å². The lowest BCUT2D eigenvalue weighted by molar-refractivity contribution is 0.0663. The second-order valence-corrected chi connectivity index (χ2v) is 8.33. The van der Waals surface area contributed by atoms with Crippen molar-refractivity contribution in [3.63, 3.8) is 0 Å². The van der Waals surface area contributed by atoms with Crippen LogP contribution in [0.15, 0.2) is 78.9 Å². The third-order valence-electron chi connectivity index (χ3n) is 5.63. The molecular weight excluding hydrogens is 424 g/mol. The van der Waals surface area contributed by atoms with E-state index in [1.807, 2.05) is 42.5 Å². The van der Waals surface area contributed by atoms with E-state index in [4.69, 9.17) is 16.3 Å². The quantitative estimate of drug-likeness (QED) is 0.523. The Hall–Kier alpha value is -2.86. The van der Waals surface area contributed by atoms with Crippen LogP contribution in [0.4, 0.5) is 5.69 Å². The number of aliphatic hydroxyl groups excluding tert-OH is 1. The molecule has 1 atom stereocenters. The fourth-order valence-corrected chi connectivity index (χ4v) is 4.14. The number of benzene rings is 3. The Balaban J connectivity index is 1.22. The van der Waals surface area contributed by atoms with E-state index in [0.29, 0.717) is 23.4 Å². The van der Waals surface area contributed by atoms with Crippen molar-refractivity contribution in [2.75, 3.05) is 44.2 Å². The summed E-state index contributed by atoms with van der Waals surface area (Å²) < 4.78 is 5.74. The van der Waals surface area contributed by atoms with E-state index >= 15 is 0 Å². The minimum absolute atomic E-state index is 0.0203. The first kappa shape index (κ1) is 22.3. The number of β-amino-alcohol motifs (C(OH)–C–C–N with tert-alkyl or cyclic N) is 1. The maximum absolute atomic E-state index is 12.5.